The summed E-state index contributed by atoms with van der Waals surface area (Å²) in [6, 6.07) is 22.1. The third kappa shape index (κ3) is 4.80. The van der Waals surface area contributed by atoms with Gasteiger partial charge in [0.2, 0.25) is 0 Å². The van der Waals surface area contributed by atoms with Gasteiger partial charge >= 0.3 is 0 Å². The molecule has 0 amide bonds. The van der Waals surface area contributed by atoms with Crippen molar-refractivity contribution in [2.24, 2.45) is 0 Å². The van der Waals surface area contributed by atoms with E-state index in [0.717, 1.165) is 72.6 Å². The third-order valence-electron chi connectivity index (χ3n) is 6.29. The lowest BCUT2D eigenvalue weighted by atomic mass is 10.1. The summed E-state index contributed by atoms with van der Waals surface area (Å²) in [7, 11) is 1.67. The van der Waals surface area contributed by atoms with Crippen LogP contribution in [-0.2, 0) is 6.42 Å². The molecule has 6 heteroatoms. The minimum absolute atomic E-state index is 0.728. The molecule has 5 nitrogen and oxygen atoms in total. The Hall–Kier alpha value is -3.15. The molecule has 33 heavy (non-hydrogen) atoms. The number of nitrogens with zero attached hydrogens (tertiary/aromatic N) is 2. The summed E-state index contributed by atoms with van der Waals surface area (Å²) in [5.41, 5.74) is 3.57. The molecular weight excluding hydrogens is 434 g/mol. The van der Waals surface area contributed by atoms with E-state index in [2.05, 4.69) is 39.2 Å². The van der Waals surface area contributed by atoms with Crippen molar-refractivity contribution in [2.75, 3.05) is 44.7 Å². The number of rotatable bonds is 7. The first kappa shape index (κ1) is 21.7. The number of aromatic amines is 1. The fourth-order valence-electron chi connectivity index (χ4n) is 4.48. The summed E-state index contributed by atoms with van der Waals surface area (Å²) in [5, 5.41) is 2.03. The van der Waals surface area contributed by atoms with Crippen molar-refractivity contribution in [3.63, 3.8) is 0 Å². The molecule has 170 valence electrons. The molecular formula is C27H28ClN3O2. The van der Waals surface area contributed by atoms with Gasteiger partial charge in [-0.1, -0.05) is 41.9 Å². The Kier molecular flexibility index (Phi) is 6.42. The largest absolute Gasteiger partial charge is 0.493 e. The standard InChI is InChI=1S/C27H28ClN3O2/c1-32-26-8-4-5-9-27(26)33-25-7-3-2-6-24(25)31-16-14-30(15-17-31)13-12-20-19-29-23-18-21(28)10-11-22(20)23/h2-11,18-19,29H,12-17H2,1H3. The van der Waals surface area contributed by atoms with Gasteiger partial charge in [-0.25, -0.2) is 0 Å². The molecule has 0 aliphatic carbocycles. The zero-order valence-corrected chi connectivity index (χ0v) is 19.5. The smallest absolute Gasteiger partial charge is 0.169 e. The average Bonchev–Trinajstić information content (AvgIpc) is 3.26. The number of nitrogens with one attached hydrogen (secondary N) is 1. The van der Waals surface area contributed by atoms with E-state index in [1.807, 2.05) is 48.5 Å². The van der Waals surface area contributed by atoms with Crippen LogP contribution in [0.3, 0.4) is 0 Å². The van der Waals surface area contributed by atoms with Crippen molar-refractivity contribution in [1.29, 1.82) is 0 Å². The molecule has 0 atom stereocenters. The van der Waals surface area contributed by atoms with Gasteiger partial charge in [-0.2, -0.15) is 0 Å². The number of benzene rings is 3. The number of ether oxygens (including phenoxy) is 2. The van der Waals surface area contributed by atoms with Crippen LogP contribution in [0.1, 0.15) is 5.56 Å². The van der Waals surface area contributed by atoms with E-state index in [-0.39, 0.29) is 0 Å². The highest BCUT2D eigenvalue weighted by molar-refractivity contribution is 6.31. The number of para-hydroxylation sites is 4. The van der Waals surface area contributed by atoms with E-state index in [4.69, 9.17) is 21.1 Å². The molecule has 1 aliphatic rings. The number of aromatic nitrogens is 1. The lowest BCUT2D eigenvalue weighted by Gasteiger charge is -2.36. The van der Waals surface area contributed by atoms with Crippen LogP contribution in [0.15, 0.2) is 72.9 Å². The molecule has 1 fully saturated rings. The Balaban J connectivity index is 1.21. The van der Waals surface area contributed by atoms with Crippen LogP contribution in [-0.4, -0.2) is 49.7 Å². The van der Waals surface area contributed by atoms with E-state index in [1.54, 1.807) is 7.11 Å². The lowest BCUT2D eigenvalue weighted by molar-refractivity contribution is 0.260. The quantitative estimate of drug-likeness (QED) is 0.367. The Morgan fingerprint density at radius 1 is 0.879 bits per heavy atom. The highest BCUT2D eigenvalue weighted by atomic mass is 35.5. The van der Waals surface area contributed by atoms with Crippen molar-refractivity contribution < 1.29 is 9.47 Å². The molecule has 4 aromatic rings. The van der Waals surface area contributed by atoms with E-state index in [9.17, 15) is 0 Å². The molecule has 1 aliphatic heterocycles. The highest BCUT2D eigenvalue weighted by Gasteiger charge is 2.20. The van der Waals surface area contributed by atoms with Gasteiger partial charge in [0.05, 0.1) is 12.8 Å². The van der Waals surface area contributed by atoms with Gasteiger partial charge in [-0.3, -0.25) is 4.90 Å². The molecule has 1 aromatic heterocycles. The van der Waals surface area contributed by atoms with Crippen molar-refractivity contribution in [1.82, 2.24) is 9.88 Å². The number of hydrogen-bond donors (Lipinski definition) is 1. The van der Waals surface area contributed by atoms with Crippen molar-refractivity contribution in [3.8, 4) is 17.2 Å². The molecule has 2 heterocycles. The second kappa shape index (κ2) is 9.77. The van der Waals surface area contributed by atoms with Crippen LogP contribution < -0.4 is 14.4 Å². The van der Waals surface area contributed by atoms with Crippen LogP contribution in [0.25, 0.3) is 10.9 Å². The normalized spacial score (nSPS) is 14.5. The van der Waals surface area contributed by atoms with Gasteiger partial charge in [0, 0.05) is 54.8 Å². The number of piperazine rings is 1. The van der Waals surface area contributed by atoms with E-state index >= 15 is 0 Å². The predicted octanol–water partition coefficient (Wildman–Crippen LogP) is 5.99. The van der Waals surface area contributed by atoms with Crippen LogP contribution in [0, 0.1) is 0 Å². The Morgan fingerprint density at radius 2 is 1.61 bits per heavy atom. The summed E-state index contributed by atoms with van der Waals surface area (Å²) in [5.74, 6) is 2.32. The van der Waals surface area contributed by atoms with Gasteiger partial charge in [-0.15, -0.1) is 0 Å². The molecule has 0 radical (unpaired) electrons. The molecule has 1 saturated heterocycles. The van der Waals surface area contributed by atoms with Gasteiger partial charge in [0.15, 0.2) is 17.2 Å². The average molecular weight is 462 g/mol. The number of fused-ring (bicyclic) bond motifs is 1. The number of anilines is 1. The minimum Gasteiger partial charge on any atom is -0.493 e. The zero-order chi connectivity index (χ0) is 22.6. The molecule has 0 saturated carbocycles. The summed E-state index contributed by atoms with van der Waals surface area (Å²) < 4.78 is 11.7. The van der Waals surface area contributed by atoms with E-state index in [1.165, 1.54) is 10.9 Å². The van der Waals surface area contributed by atoms with Crippen LogP contribution in [0.4, 0.5) is 5.69 Å². The second-order valence-electron chi connectivity index (χ2n) is 8.30. The van der Waals surface area contributed by atoms with Crippen LogP contribution >= 0.6 is 11.6 Å². The molecule has 0 bridgehead atoms. The first-order chi connectivity index (χ1) is 16.2. The molecule has 3 aromatic carbocycles. The van der Waals surface area contributed by atoms with Gasteiger partial charge in [0.25, 0.3) is 0 Å². The van der Waals surface area contributed by atoms with Gasteiger partial charge in [0.1, 0.15) is 0 Å². The number of halogens is 1. The van der Waals surface area contributed by atoms with Crippen molar-refractivity contribution >= 4 is 28.2 Å². The molecule has 0 unspecified atom stereocenters. The van der Waals surface area contributed by atoms with E-state index in [0.29, 0.717) is 0 Å². The summed E-state index contributed by atoms with van der Waals surface area (Å²) >= 11 is 6.11. The van der Waals surface area contributed by atoms with E-state index < -0.39 is 0 Å². The lowest BCUT2D eigenvalue weighted by Crippen LogP contribution is -2.47. The monoisotopic (exact) mass is 461 g/mol. The highest BCUT2D eigenvalue weighted by Crippen LogP contribution is 2.36. The van der Waals surface area contributed by atoms with Gasteiger partial charge < -0.3 is 19.4 Å². The first-order valence-corrected chi connectivity index (χ1v) is 11.7. The second-order valence-corrected chi connectivity index (χ2v) is 8.74. The Bertz CT molecular complexity index is 1230. The summed E-state index contributed by atoms with van der Waals surface area (Å²) in [6.45, 7) is 5.03. The Morgan fingerprint density at radius 3 is 2.39 bits per heavy atom. The number of H-pyrrole nitrogens is 1. The Labute approximate surface area is 199 Å². The number of hydrogen-bond acceptors (Lipinski definition) is 4. The minimum atomic E-state index is 0.728. The molecule has 5 rings (SSSR count). The van der Waals surface area contributed by atoms with Gasteiger partial charge in [-0.05, 0) is 48.4 Å². The maximum Gasteiger partial charge on any atom is 0.169 e. The summed E-state index contributed by atoms with van der Waals surface area (Å²) in [6.07, 6.45) is 3.14. The number of methoxy groups -OCH3 is 1. The molecule has 0 spiro atoms. The van der Waals surface area contributed by atoms with Crippen LogP contribution in [0.5, 0.6) is 17.2 Å². The predicted molar refractivity (Wildman–Crippen MR) is 135 cm³/mol. The SMILES string of the molecule is COc1ccccc1Oc1ccccc1N1CCN(CCc2c[nH]c3cc(Cl)ccc23)CC1. The zero-order valence-electron chi connectivity index (χ0n) is 18.8. The van der Waals surface area contributed by atoms with Crippen LogP contribution in [0.2, 0.25) is 5.02 Å². The van der Waals surface area contributed by atoms with Crippen molar-refractivity contribution in [2.45, 2.75) is 6.42 Å². The fraction of sp³-hybridized carbons (Fsp3) is 0.259. The topological polar surface area (TPSA) is 40.7 Å². The maximum absolute atomic E-state index is 6.26. The third-order valence-corrected chi connectivity index (χ3v) is 6.53. The first-order valence-electron chi connectivity index (χ1n) is 11.3. The van der Waals surface area contributed by atoms with Crippen molar-refractivity contribution in [3.05, 3.63) is 83.5 Å². The maximum atomic E-state index is 6.26. The molecule has 1 N–H and O–H groups in total. The fourth-order valence-corrected chi connectivity index (χ4v) is 4.65. The summed E-state index contributed by atoms with van der Waals surface area (Å²) in [4.78, 5) is 8.29.